The summed E-state index contributed by atoms with van der Waals surface area (Å²) in [5, 5.41) is 12.0. The quantitative estimate of drug-likeness (QED) is 0.846. The van der Waals surface area contributed by atoms with Crippen LogP contribution in [0.5, 0.6) is 5.75 Å². The second-order valence-corrected chi connectivity index (χ2v) is 5.76. The maximum atomic E-state index is 12.0. The van der Waals surface area contributed by atoms with E-state index in [9.17, 15) is 9.59 Å². The van der Waals surface area contributed by atoms with Crippen molar-refractivity contribution in [3.05, 3.63) is 28.8 Å². The van der Waals surface area contributed by atoms with Crippen molar-refractivity contribution in [3.63, 3.8) is 0 Å². The summed E-state index contributed by atoms with van der Waals surface area (Å²) in [6.45, 7) is 3.46. The minimum atomic E-state index is -1.01. The molecule has 2 rings (SSSR count). The Morgan fingerprint density at radius 1 is 1.43 bits per heavy atom. The SMILES string of the molecule is Cc1ccc(Cl)c(OC(C)C(=O)NC(C(=O)O)C2CC2)c1. The van der Waals surface area contributed by atoms with Gasteiger partial charge in [-0.25, -0.2) is 4.79 Å². The third kappa shape index (κ3) is 4.11. The molecule has 0 heterocycles. The van der Waals surface area contributed by atoms with Gasteiger partial charge in [-0.3, -0.25) is 4.79 Å². The van der Waals surface area contributed by atoms with Crippen LogP contribution >= 0.6 is 11.6 Å². The highest BCUT2D eigenvalue weighted by Gasteiger charge is 2.38. The van der Waals surface area contributed by atoms with Crippen molar-refractivity contribution in [2.75, 3.05) is 0 Å². The molecular weight excluding hydrogens is 294 g/mol. The van der Waals surface area contributed by atoms with Crippen LogP contribution in [0.15, 0.2) is 18.2 Å². The van der Waals surface area contributed by atoms with Crippen LogP contribution in [0.1, 0.15) is 25.3 Å². The van der Waals surface area contributed by atoms with Gasteiger partial charge in [0.2, 0.25) is 0 Å². The molecule has 1 aromatic carbocycles. The van der Waals surface area contributed by atoms with Gasteiger partial charge in [0.15, 0.2) is 6.10 Å². The lowest BCUT2D eigenvalue weighted by Crippen LogP contribution is -2.47. The molecule has 2 unspecified atom stereocenters. The number of ether oxygens (including phenoxy) is 1. The van der Waals surface area contributed by atoms with Crippen LogP contribution < -0.4 is 10.1 Å². The summed E-state index contributed by atoms with van der Waals surface area (Å²) in [6.07, 6.45) is 0.844. The van der Waals surface area contributed by atoms with Crippen molar-refractivity contribution in [2.24, 2.45) is 5.92 Å². The van der Waals surface area contributed by atoms with Crippen LogP contribution in [0.25, 0.3) is 0 Å². The lowest BCUT2D eigenvalue weighted by atomic mass is 10.2. The van der Waals surface area contributed by atoms with E-state index in [1.807, 2.05) is 13.0 Å². The fourth-order valence-electron chi connectivity index (χ4n) is 2.03. The summed E-state index contributed by atoms with van der Waals surface area (Å²) in [5.41, 5.74) is 0.961. The number of carboxylic acid groups (broad SMARTS) is 1. The standard InChI is InChI=1S/C15H18ClNO4/c1-8-3-6-11(16)12(7-8)21-9(2)14(18)17-13(15(19)20)10-4-5-10/h3,6-7,9-10,13H,4-5H2,1-2H3,(H,17,18)(H,19,20). The van der Waals surface area contributed by atoms with Gasteiger partial charge in [0.05, 0.1) is 5.02 Å². The zero-order chi connectivity index (χ0) is 15.6. The molecule has 1 amide bonds. The lowest BCUT2D eigenvalue weighted by molar-refractivity contribution is -0.143. The Labute approximate surface area is 128 Å². The molecular formula is C15H18ClNO4. The molecule has 1 aliphatic rings. The number of hydrogen-bond acceptors (Lipinski definition) is 3. The van der Waals surface area contributed by atoms with Crippen molar-refractivity contribution in [1.29, 1.82) is 0 Å². The van der Waals surface area contributed by atoms with E-state index < -0.39 is 24.0 Å². The second kappa shape index (κ2) is 6.35. The molecule has 0 saturated heterocycles. The monoisotopic (exact) mass is 311 g/mol. The molecule has 0 aliphatic heterocycles. The molecule has 0 bridgehead atoms. The van der Waals surface area contributed by atoms with E-state index in [4.69, 9.17) is 21.4 Å². The van der Waals surface area contributed by atoms with Crippen molar-refractivity contribution in [3.8, 4) is 5.75 Å². The number of benzene rings is 1. The molecule has 6 heteroatoms. The number of hydrogen-bond donors (Lipinski definition) is 2. The fraction of sp³-hybridized carbons (Fsp3) is 0.467. The summed E-state index contributed by atoms with van der Waals surface area (Å²) >= 11 is 6.01. The molecule has 1 saturated carbocycles. The van der Waals surface area contributed by atoms with Gasteiger partial charge < -0.3 is 15.2 Å². The Bertz CT molecular complexity index is 557. The topological polar surface area (TPSA) is 75.6 Å². The highest BCUT2D eigenvalue weighted by atomic mass is 35.5. The number of carbonyl (C=O) groups excluding carboxylic acids is 1. The van der Waals surface area contributed by atoms with Crippen LogP contribution in [-0.2, 0) is 9.59 Å². The van der Waals surface area contributed by atoms with Gasteiger partial charge in [-0.15, -0.1) is 0 Å². The van der Waals surface area contributed by atoms with E-state index in [0.29, 0.717) is 10.8 Å². The first-order valence-corrected chi connectivity index (χ1v) is 7.22. The fourth-order valence-corrected chi connectivity index (χ4v) is 2.19. The molecule has 114 valence electrons. The molecule has 2 N–H and O–H groups in total. The van der Waals surface area contributed by atoms with Crippen LogP contribution in [-0.4, -0.2) is 29.1 Å². The van der Waals surface area contributed by atoms with Gasteiger partial charge in [-0.2, -0.15) is 0 Å². The number of amides is 1. The zero-order valence-electron chi connectivity index (χ0n) is 11.9. The number of nitrogens with one attached hydrogen (secondary N) is 1. The first kappa shape index (κ1) is 15.6. The van der Waals surface area contributed by atoms with E-state index in [1.54, 1.807) is 19.1 Å². The normalized spacial score (nSPS) is 16.9. The second-order valence-electron chi connectivity index (χ2n) is 5.36. The highest BCUT2D eigenvalue weighted by Crippen LogP contribution is 2.33. The lowest BCUT2D eigenvalue weighted by Gasteiger charge is -2.19. The van der Waals surface area contributed by atoms with Crippen LogP contribution in [0.3, 0.4) is 0 Å². The van der Waals surface area contributed by atoms with E-state index in [2.05, 4.69) is 5.32 Å². The summed E-state index contributed by atoms with van der Waals surface area (Å²) < 4.78 is 5.53. The Morgan fingerprint density at radius 3 is 2.67 bits per heavy atom. The molecule has 0 radical (unpaired) electrons. The Balaban J connectivity index is 1.98. The maximum Gasteiger partial charge on any atom is 0.326 e. The van der Waals surface area contributed by atoms with Crippen molar-refractivity contribution < 1.29 is 19.4 Å². The first-order valence-electron chi connectivity index (χ1n) is 6.84. The molecule has 2 atom stereocenters. The third-order valence-corrected chi connectivity index (χ3v) is 3.73. The molecule has 5 nitrogen and oxygen atoms in total. The summed E-state index contributed by atoms with van der Waals surface area (Å²) in [4.78, 5) is 23.2. The van der Waals surface area contributed by atoms with E-state index >= 15 is 0 Å². The molecule has 1 aromatic rings. The van der Waals surface area contributed by atoms with Crippen molar-refractivity contribution >= 4 is 23.5 Å². The largest absolute Gasteiger partial charge is 0.480 e. The Morgan fingerprint density at radius 2 is 2.10 bits per heavy atom. The molecule has 0 spiro atoms. The molecule has 1 fully saturated rings. The maximum absolute atomic E-state index is 12.0. The van der Waals surface area contributed by atoms with E-state index in [1.165, 1.54) is 0 Å². The first-order chi connectivity index (χ1) is 9.88. The van der Waals surface area contributed by atoms with E-state index in [0.717, 1.165) is 18.4 Å². The van der Waals surface area contributed by atoms with Gasteiger partial charge in [0, 0.05) is 0 Å². The average molecular weight is 312 g/mol. The van der Waals surface area contributed by atoms with Gasteiger partial charge in [0.1, 0.15) is 11.8 Å². The predicted octanol–water partition coefficient (Wildman–Crippen LogP) is 2.40. The van der Waals surface area contributed by atoms with Gasteiger partial charge in [-0.1, -0.05) is 17.7 Å². The van der Waals surface area contributed by atoms with Crippen LogP contribution in [0.2, 0.25) is 5.02 Å². The van der Waals surface area contributed by atoms with Crippen LogP contribution in [0.4, 0.5) is 0 Å². The van der Waals surface area contributed by atoms with Crippen molar-refractivity contribution in [2.45, 2.75) is 38.8 Å². The van der Waals surface area contributed by atoms with Gasteiger partial charge >= 0.3 is 5.97 Å². The zero-order valence-corrected chi connectivity index (χ0v) is 12.7. The smallest absolute Gasteiger partial charge is 0.326 e. The number of carboxylic acids is 1. The van der Waals surface area contributed by atoms with Crippen LogP contribution in [0, 0.1) is 12.8 Å². The number of halogens is 1. The molecule has 1 aliphatic carbocycles. The Kier molecular flexibility index (Phi) is 4.73. The highest BCUT2D eigenvalue weighted by molar-refractivity contribution is 6.32. The minimum absolute atomic E-state index is 0.0289. The van der Waals surface area contributed by atoms with Gasteiger partial charge in [-0.05, 0) is 50.3 Å². The third-order valence-electron chi connectivity index (χ3n) is 3.42. The molecule has 0 aromatic heterocycles. The number of carbonyl (C=O) groups is 2. The van der Waals surface area contributed by atoms with Crippen molar-refractivity contribution in [1.82, 2.24) is 5.32 Å². The average Bonchev–Trinajstić information content (AvgIpc) is 3.23. The minimum Gasteiger partial charge on any atom is -0.480 e. The summed E-state index contributed by atoms with van der Waals surface area (Å²) in [5.74, 6) is -1.02. The number of rotatable bonds is 6. The predicted molar refractivity (Wildman–Crippen MR) is 78.6 cm³/mol. The van der Waals surface area contributed by atoms with Gasteiger partial charge in [0.25, 0.3) is 5.91 Å². The van der Waals surface area contributed by atoms with E-state index in [-0.39, 0.29) is 5.92 Å². The summed E-state index contributed by atoms with van der Waals surface area (Å²) in [6, 6.07) is 4.44. The number of aliphatic carboxylic acids is 1. The Hall–Kier alpha value is -1.75. The summed E-state index contributed by atoms with van der Waals surface area (Å²) in [7, 11) is 0. The number of aryl methyl sites for hydroxylation is 1. The molecule has 21 heavy (non-hydrogen) atoms.